The standard InChI is InChI=1S/C24H24ClN3O2S/c25-20-10-8-19(9-11-20)24(30)28-14-12-27(13-15-28)17-22(29)26-23(21-7-4-16-31-21)18-5-2-1-3-6-18/h1-11,16,23H,12-15,17H2,(H,26,29). The molecule has 1 atom stereocenters. The van der Waals surface area contributed by atoms with Gasteiger partial charge in [0.2, 0.25) is 5.91 Å². The zero-order chi connectivity index (χ0) is 21.6. The first-order chi connectivity index (χ1) is 15.1. The molecule has 7 heteroatoms. The van der Waals surface area contributed by atoms with E-state index in [1.165, 1.54) is 0 Å². The number of piperazine rings is 1. The molecule has 0 aliphatic carbocycles. The molecule has 160 valence electrons. The fourth-order valence-electron chi connectivity index (χ4n) is 3.71. The van der Waals surface area contributed by atoms with Gasteiger partial charge >= 0.3 is 0 Å². The van der Waals surface area contributed by atoms with E-state index in [0.29, 0.717) is 43.3 Å². The summed E-state index contributed by atoms with van der Waals surface area (Å²) < 4.78 is 0. The Morgan fingerprint density at radius 2 is 1.65 bits per heavy atom. The molecule has 2 amide bonds. The molecule has 1 N–H and O–H groups in total. The van der Waals surface area contributed by atoms with Crippen LogP contribution in [0.15, 0.2) is 72.1 Å². The first kappa shape index (κ1) is 21.6. The summed E-state index contributed by atoms with van der Waals surface area (Å²) in [6, 6.07) is 20.9. The van der Waals surface area contributed by atoms with E-state index < -0.39 is 0 Å². The maximum Gasteiger partial charge on any atom is 0.253 e. The van der Waals surface area contributed by atoms with Crippen molar-refractivity contribution in [3.05, 3.63) is 93.1 Å². The normalized spacial score (nSPS) is 15.5. The number of amides is 2. The van der Waals surface area contributed by atoms with Crippen LogP contribution in [-0.4, -0.2) is 54.3 Å². The third-order valence-electron chi connectivity index (χ3n) is 5.38. The Labute approximate surface area is 191 Å². The van der Waals surface area contributed by atoms with Gasteiger partial charge in [-0.05, 0) is 41.3 Å². The zero-order valence-corrected chi connectivity index (χ0v) is 18.6. The molecule has 31 heavy (non-hydrogen) atoms. The molecule has 1 aromatic heterocycles. The average molecular weight is 454 g/mol. The molecule has 1 aliphatic heterocycles. The van der Waals surface area contributed by atoms with E-state index in [9.17, 15) is 9.59 Å². The van der Waals surface area contributed by atoms with Crippen LogP contribution in [0.2, 0.25) is 5.02 Å². The van der Waals surface area contributed by atoms with Gasteiger partial charge in [0.25, 0.3) is 5.91 Å². The largest absolute Gasteiger partial charge is 0.343 e. The quantitative estimate of drug-likeness (QED) is 0.612. The Kier molecular flexibility index (Phi) is 7.02. The third-order valence-corrected chi connectivity index (χ3v) is 6.57. The monoisotopic (exact) mass is 453 g/mol. The fourth-order valence-corrected chi connectivity index (χ4v) is 4.64. The second-order valence-corrected chi connectivity index (χ2v) is 8.92. The molecule has 0 radical (unpaired) electrons. The van der Waals surface area contributed by atoms with Crippen molar-refractivity contribution in [1.82, 2.24) is 15.1 Å². The smallest absolute Gasteiger partial charge is 0.253 e. The first-order valence-corrected chi connectivity index (χ1v) is 11.5. The number of rotatable bonds is 6. The molecule has 5 nitrogen and oxygen atoms in total. The van der Waals surface area contributed by atoms with Crippen molar-refractivity contribution in [2.45, 2.75) is 6.04 Å². The van der Waals surface area contributed by atoms with Crippen molar-refractivity contribution < 1.29 is 9.59 Å². The fraction of sp³-hybridized carbons (Fsp3) is 0.250. The van der Waals surface area contributed by atoms with E-state index in [-0.39, 0.29) is 17.9 Å². The molecule has 1 saturated heterocycles. The second-order valence-electron chi connectivity index (χ2n) is 7.50. The molecule has 4 rings (SSSR count). The van der Waals surface area contributed by atoms with Gasteiger partial charge in [0.15, 0.2) is 0 Å². The number of nitrogens with one attached hydrogen (secondary N) is 1. The molecule has 2 aromatic carbocycles. The number of hydrogen-bond donors (Lipinski definition) is 1. The minimum absolute atomic E-state index is 0.00241. The van der Waals surface area contributed by atoms with Crippen LogP contribution in [0.5, 0.6) is 0 Å². The number of thiophene rings is 1. The van der Waals surface area contributed by atoms with Crippen LogP contribution in [0.25, 0.3) is 0 Å². The van der Waals surface area contributed by atoms with Gasteiger partial charge in [-0.3, -0.25) is 14.5 Å². The van der Waals surface area contributed by atoms with E-state index in [1.807, 2.05) is 52.7 Å². The van der Waals surface area contributed by atoms with Crippen LogP contribution >= 0.6 is 22.9 Å². The highest BCUT2D eigenvalue weighted by molar-refractivity contribution is 7.10. The van der Waals surface area contributed by atoms with Gasteiger partial charge in [-0.1, -0.05) is 48.0 Å². The van der Waals surface area contributed by atoms with Crippen molar-refractivity contribution >= 4 is 34.8 Å². The Morgan fingerprint density at radius 1 is 0.935 bits per heavy atom. The van der Waals surface area contributed by atoms with Gasteiger partial charge in [0.1, 0.15) is 0 Å². The highest BCUT2D eigenvalue weighted by Crippen LogP contribution is 2.26. The summed E-state index contributed by atoms with van der Waals surface area (Å²) in [5, 5.41) is 5.82. The third kappa shape index (κ3) is 5.53. The molecular formula is C24H24ClN3O2S. The Bertz CT molecular complexity index is 1000. The summed E-state index contributed by atoms with van der Waals surface area (Å²) in [4.78, 5) is 30.5. The van der Waals surface area contributed by atoms with E-state index in [2.05, 4.69) is 10.2 Å². The van der Waals surface area contributed by atoms with Crippen LogP contribution < -0.4 is 5.32 Å². The molecule has 2 heterocycles. The van der Waals surface area contributed by atoms with E-state index in [0.717, 1.165) is 10.4 Å². The van der Waals surface area contributed by atoms with Gasteiger partial charge in [0, 0.05) is 41.6 Å². The average Bonchev–Trinajstić information content (AvgIpc) is 3.33. The van der Waals surface area contributed by atoms with Crippen LogP contribution in [0, 0.1) is 0 Å². The lowest BCUT2D eigenvalue weighted by atomic mass is 10.1. The van der Waals surface area contributed by atoms with Crippen molar-refractivity contribution in [2.24, 2.45) is 0 Å². The van der Waals surface area contributed by atoms with Crippen molar-refractivity contribution in [1.29, 1.82) is 0 Å². The van der Waals surface area contributed by atoms with Crippen LogP contribution in [0.3, 0.4) is 0 Å². The number of carbonyl (C=O) groups is 2. The number of nitrogens with zero attached hydrogens (tertiary/aromatic N) is 2. The van der Waals surface area contributed by atoms with E-state index in [4.69, 9.17) is 11.6 Å². The van der Waals surface area contributed by atoms with Crippen LogP contribution in [0.4, 0.5) is 0 Å². The summed E-state index contributed by atoms with van der Waals surface area (Å²) >= 11 is 7.54. The van der Waals surface area contributed by atoms with Crippen LogP contribution in [0.1, 0.15) is 26.8 Å². The lowest BCUT2D eigenvalue weighted by molar-refractivity contribution is -0.123. The molecule has 1 fully saturated rings. The first-order valence-electron chi connectivity index (χ1n) is 10.2. The highest BCUT2D eigenvalue weighted by Gasteiger charge is 2.24. The predicted octanol–water partition coefficient (Wildman–Crippen LogP) is 4.07. The molecule has 1 aliphatic rings. The van der Waals surface area contributed by atoms with E-state index >= 15 is 0 Å². The van der Waals surface area contributed by atoms with Crippen molar-refractivity contribution in [3.8, 4) is 0 Å². The lowest BCUT2D eigenvalue weighted by Gasteiger charge is -2.34. The molecule has 1 unspecified atom stereocenters. The van der Waals surface area contributed by atoms with Gasteiger partial charge in [-0.25, -0.2) is 0 Å². The summed E-state index contributed by atoms with van der Waals surface area (Å²) in [7, 11) is 0. The summed E-state index contributed by atoms with van der Waals surface area (Å²) in [6.07, 6.45) is 0. The van der Waals surface area contributed by atoms with Crippen molar-refractivity contribution in [2.75, 3.05) is 32.7 Å². The maximum atomic E-state index is 12.8. The SMILES string of the molecule is O=C(CN1CCN(C(=O)c2ccc(Cl)cc2)CC1)NC(c1ccccc1)c1cccs1. The minimum atomic E-state index is -0.151. The predicted molar refractivity (Wildman–Crippen MR) is 125 cm³/mol. The number of carbonyl (C=O) groups excluding carboxylic acids is 2. The molecule has 0 spiro atoms. The molecular weight excluding hydrogens is 430 g/mol. The van der Waals surface area contributed by atoms with Gasteiger partial charge in [0.05, 0.1) is 12.6 Å². The Morgan fingerprint density at radius 3 is 2.29 bits per heavy atom. The van der Waals surface area contributed by atoms with Crippen LogP contribution in [-0.2, 0) is 4.79 Å². The number of benzene rings is 2. The Hall–Kier alpha value is -2.67. The summed E-state index contributed by atoms with van der Waals surface area (Å²) in [5.41, 5.74) is 1.70. The molecule has 0 bridgehead atoms. The van der Waals surface area contributed by atoms with Gasteiger partial charge in [-0.2, -0.15) is 0 Å². The topological polar surface area (TPSA) is 52.7 Å². The summed E-state index contributed by atoms with van der Waals surface area (Å²) in [6.45, 7) is 2.85. The zero-order valence-electron chi connectivity index (χ0n) is 17.0. The maximum absolute atomic E-state index is 12.8. The number of hydrogen-bond acceptors (Lipinski definition) is 4. The second kappa shape index (κ2) is 10.1. The van der Waals surface area contributed by atoms with E-state index in [1.54, 1.807) is 35.6 Å². The molecule has 0 saturated carbocycles. The summed E-state index contributed by atoms with van der Waals surface area (Å²) in [5.74, 6) is -0.0117. The Balaban J connectivity index is 1.32. The highest BCUT2D eigenvalue weighted by atomic mass is 35.5. The number of halogens is 1. The van der Waals surface area contributed by atoms with Crippen molar-refractivity contribution in [3.63, 3.8) is 0 Å². The van der Waals surface area contributed by atoms with Gasteiger partial charge in [-0.15, -0.1) is 11.3 Å². The lowest BCUT2D eigenvalue weighted by Crippen LogP contribution is -2.51. The minimum Gasteiger partial charge on any atom is -0.343 e. The molecule has 3 aromatic rings. The van der Waals surface area contributed by atoms with Gasteiger partial charge < -0.3 is 10.2 Å².